The number of ether oxygens (including phenoxy) is 1. The van der Waals surface area contributed by atoms with Crippen LogP contribution in [0.1, 0.15) is 50.2 Å². The minimum atomic E-state index is -0.121. The number of aromatic nitrogens is 2. The Morgan fingerprint density at radius 3 is 2.88 bits per heavy atom. The van der Waals surface area contributed by atoms with E-state index in [2.05, 4.69) is 25.9 Å². The predicted molar refractivity (Wildman–Crippen MR) is 64.6 cm³/mol. The molecule has 1 aliphatic rings. The maximum absolute atomic E-state index is 11.7. The van der Waals surface area contributed by atoms with E-state index in [1.165, 1.54) is 0 Å². The Morgan fingerprint density at radius 1 is 1.56 bits per heavy atom. The molecule has 0 spiro atoms. The highest BCUT2D eigenvalue weighted by Gasteiger charge is 2.22. The predicted octanol–water partition coefficient (Wildman–Crippen LogP) is 2.51. The Hall–Kier alpha value is -0.680. The molecule has 1 saturated heterocycles. The number of aromatic amines is 1. The molecule has 16 heavy (non-hydrogen) atoms. The number of hydrogen-bond acceptors (Lipinski definition) is 3. The highest BCUT2D eigenvalue weighted by Crippen LogP contribution is 2.27. The van der Waals surface area contributed by atoms with Gasteiger partial charge in [0.05, 0.1) is 5.69 Å². The van der Waals surface area contributed by atoms with Crippen molar-refractivity contribution in [3.8, 4) is 0 Å². The van der Waals surface area contributed by atoms with E-state index in [1.807, 2.05) is 13.8 Å². The molecule has 1 aromatic heterocycles. The molecule has 1 unspecified atom stereocenters. The second-order valence-electron chi connectivity index (χ2n) is 4.31. The van der Waals surface area contributed by atoms with Crippen LogP contribution in [0.15, 0.2) is 9.27 Å². The van der Waals surface area contributed by atoms with Gasteiger partial charge in [-0.3, -0.25) is 4.79 Å². The number of halogens is 1. The van der Waals surface area contributed by atoms with Gasteiger partial charge in [-0.2, -0.15) is 0 Å². The standard InChI is InChI=1S/C11H15BrN2O2/c1-6(2)9-8(12)11(15)14-10(13-9)7-4-3-5-16-7/h6-7H,3-5H2,1-2H3,(H,13,14,15). The molecular weight excluding hydrogens is 272 g/mol. The smallest absolute Gasteiger partial charge is 0.265 e. The van der Waals surface area contributed by atoms with Crippen LogP contribution in [-0.2, 0) is 4.74 Å². The van der Waals surface area contributed by atoms with E-state index >= 15 is 0 Å². The molecule has 0 radical (unpaired) electrons. The van der Waals surface area contributed by atoms with Crippen molar-refractivity contribution in [2.45, 2.75) is 38.7 Å². The van der Waals surface area contributed by atoms with Crippen LogP contribution in [0.3, 0.4) is 0 Å². The van der Waals surface area contributed by atoms with Crippen LogP contribution < -0.4 is 5.56 Å². The Kier molecular flexibility index (Phi) is 3.44. The van der Waals surface area contributed by atoms with Gasteiger partial charge in [0.25, 0.3) is 5.56 Å². The number of rotatable bonds is 2. The third-order valence-corrected chi connectivity index (χ3v) is 3.45. The Labute approximate surface area is 103 Å². The van der Waals surface area contributed by atoms with Crippen molar-refractivity contribution in [3.63, 3.8) is 0 Å². The van der Waals surface area contributed by atoms with Crippen LogP contribution in [-0.4, -0.2) is 16.6 Å². The fraction of sp³-hybridized carbons (Fsp3) is 0.636. The minimum Gasteiger partial charge on any atom is -0.370 e. The van der Waals surface area contributed by atoms with E-state index < -0.39 is 0 Å². The monoisotopic (exact) mass is 286 g/mol. The first-order chi connectivity index (χ1) is 7.59. The van der Waals surface area contributed by atoms with Crippen molar-refractivity contribution < 1.29 is 4.74 Å². The van der Waals surface area contributed by atoms with Crippen molar-refractivity contribution in [1.82, 2.24) is 9.97 Å². The molecule has 5 heteroatoms. The van der Waals surface area contributed by atoms with Gasteiger partial charge < -0.3 is 9.72 Å². The summed E-state index contributed by atoms with van der Waals surface area (Å²) in [5, 5.41) is 0. The van der Waals surface area contributed by atoms with Crippen LogP contribution in [0, 0.1) is 0 Å². The molecule has 0 bridgehead atoms. The molecule has 1 aliphatic heterocycles. The summed E-state index contributed by atoms with van der Waals surface area (Å²) in [6.07, 6.45) is 1.92. The first-order valence-corrected chi connectivity index (χ1v) is 6.30. The normalized spacial score (nSPS) is 20.6. The van der Waals surface area contributed by atoms with Crippen LogP contribution in [0.25, 0.3) is 0 Å². The molecule has 0 saturated carbocycles. The lowest BCUT2D eigenvalue weighted by Crippen LogP contribution is -2.18. The zero-order valence-corrected chi connectivity index (χ0v) is 11.0. The van der Waals surface area contributed by atoms with E-state index in [1.54, 1.807) is 0 Å². The van der Waals surface area contributed by atoms with E-state index in [0.717, 1.165) is 25.1 Å². The topological polar surface area (TPSA) is 55.0 Å². The third kappa shape index (κ3) is 2.20. The van der Waals surface area contributed by atoms with Gasteiger partial charge in [0.15, 0.2) is 0 Å². The van der Waals surface area contributed by atoms with Crippen LogP contribution in [0.4, 0.5) is 0 Å². The molecule has 0 aromatic carbocycles. The quantitative estimate of drug-likeness (QED) is 0.909. The Bertz CT molecular complexity index is 436. The average Bonchev–Trinajstić information content (AvgIpc) is 2.74. The van der Waals surface area contributed by atoms with Crippen molar-refractivity contribution in [3.05, 3.63) is 26.3 Å². The third-order valence-electron chi connectivity index (χ3n) is 2.69. The number of hydrogen-bond donors (Lipinski definition) is 1. The largest absolute Gasteiger partial charge is 0.370 e. The van der Waals surface area contributed by atoms with Crippen LogP contribution >= 0.6 is 15.9 Å². The van der Waals surface area contributed by atoms with Gasteiger partial charge in [-0.05, 0) is 34.7 Å². The highest BCUT2D eigenvalue weighted by atomic mass is 79.9. The summed E-state index contributed by atoms with van der Waals surface area (Å²) in [6.45, 7) is 4.79. The molecule has 0 aliphatic carbocycles. The van der Waals surface area contributed by atoms with E-state index in [-0.39, 0.29) is 17.6 Å². The van der Waals surface area contributed by atoms with E-state index in [0.29, 0.717) is 10.3 Å². The SMILES string of the molecule is CC(C)c1nc(C2CCCO2)[nH]c(=O)c1Br. The molecule has 2 rings (SSSR count). The first kappa shape index (κ1) is 11.8. The van der Waals surface area contributed by atoms with Crippen molar-refractivity contribution >= 4 is 15.9 Å². The summed E-state index contributed by atoms with van der Waals surface area (Å²) < 4.78 is 6.05. The molecule has 1 N–H and O–H groups in total. The maximum Gasteiger partial charge on any atom is 0.265 e. The van der Waals surface area contributed by atoms with Gasteiger partial charge in [0.1, 0.15) is 16.4 Å². The summed E-state index contributed by atoms with van der Waals surface area (Å²) in [6, 6.07) is 0. The van der Waals surface area contributed by atoms with Gasteiger partial charge in [-0.15, -0.1) is 0 Å². The van der Waals surface area contributed by atoms with Crippen LogP contribution in [0.5, 0.6) is 0 Å². The van der Waals surface area contributed by atoms with E-state index in [4.69, 9.17) is 4.74 Å². The van der Waals surface area contributed by atoms with Gasteiger partial charge in [-0.1, -0.05) is 13.8 Å². The fourth-order valence-electron chi connectivity index (χ4n) is 1.82. The minimum absolute atomic E-state index is 0.0432. The second kappa shape index (κ2) is 4.67. The molecule has 1 atom stereocenters. The summed E-state index contributed by atoms with van der Waals surface area (Å²) in [4.78, 5) is 19.0. The average molecular weight is 287 g/mol. The zero-order chi connectivity index (χ0) is 11.7. The van der Waals surface area contributed by atoms with Gasteiger partial charge in [-0.25, -0.2) is 4.98 Å². The molecule has 2 heterocycles. The lowest BCUT2D eigenvalue weighted by molar-refractivity contribution is 0.104. The van der Waals surface area contributed by atoms with Crippen molar-refractivity contribution in [1.29, 1.82) is 0 Å². The molecular formula is C11H15BrN2O2. The Morgan fingerprint density at radius 2 is 2.31 bits per heavy atom. The highest BCUT2D eigenvalue weighted by molar-refractivity contribution is 9.10. The first-order valence-electron chi connectivity index (χ1n) is 5.50. The number of nitrogens with one attached hydrogen (secondary N) is 1. The maximum atomic E-state index is 11.7. The van der Waals surface area contributed by atoms with Gasteiger partial charge >= 0.3 is 0 Å². The van der Waals surface area contributed by atoms with Gasteiger partial charge in [0, 0.05) is 6.61 Å². The van der Waals surface area contributed by atoms with Crippen molar-refractivity contribution in [2.75, 3.05) is 6.61 Å². The fourth-order valence-corrected chi connectivity index (χ4v) is 2.47. The molecule has 88 valence electrons. The molecule has 4 nitrogen and oxygen atoms in total. The Balaban J connectivity index is 2.43. The zero-order valence-electron chi connectivity index (χ0n) is 9.42. The second-order valence-corrected chi connectivity index (χ2v) is 5.10. The summed E-state index contributed by atoms with van der Waals surface area (Å²) in [5.41, 5.74) is 0.679. The summed E-state index contributed by atoms with van der Waals surface area (Å²) >= 11 is 3.28. The van der Waals surface area contributed by atoms with Crippen molar-refractivity contribution in [2.24, 2.45) is 0 Å². The van der Waals surface area contributed by atoms with E-state index in [9.17, 15) is 4.79 Å². The number of nitrogens with zero attached hydrogens (tertiary/aromatic N) is 1. The lowest BCUT2D eigenvalue weighted by Gasteiger charge is -2.12. The van der Waals surface area contributed by atoms with Crippen LogP contribution in [0.2, 0.25) is 0 Å². The van der Waals surface area contributed by atoms with Gasteiger partial charge in [0.2, 0.25) is 0 Å². The molecule has 1 fully saturated rings. The lowest BCUT2D eigenvalue weighted by atomic mass is 10.1. The molecule has 1 aromatic rings. The summed E-state index contributed by atoms with van der Waals surface area (Å²) in [5.74, 6) is 0.881. The number of H-pyrrole nitrogens is 1. The summed E-state index contributed by atoms with van der Waals surface area (Å²) in [7, 11) is 0. The molecule has 0 amide bonds.